The molecule has 1 aliphatic heterocycles. The molecule has 1 aromatic heterocycles. The summed E-state index contributed by atoms with van der Waals surface area (Å²) in [6.45, 7) is 12.3. The molecule has 0 spiro atoms. The van der Waals surface area contributed by atoms with Gasteiger partial charge in [0.25, 0.3) is 5.91 Å². The van der Waals surface area contributed by atoms with E-state index in [1.54, 1.807) is 12.4 Å². The molecular formula is C29H33BrCl2N6O3S. The lowest BCUT2D eigenvalue weighted by atomic mass is 10.1. The molecule has 13 heteroatoms. The van der Waals surface area contributed by atoms with Gasteiger partial charge < -0.3 is 25.0 Å². The van der Waals surface area contributed by atoms with Crippen LogP contribution in [0.5, 0.6) is 11.5 Å². The second-order valence-electron chi connectivity index (χ2n) is 9.43. The Morgan fingerprint density at radius 2 is 1.64 bits per heavy atom. The van der Waals surface area contributed by atoms with Crippen molar-refractivity contribution in [3.63, 3.8) is 0 Å². The van der Waals surface area contributed by atoms with Crippen LogP contribution in [0.3, 0.4) is 0 Å². The molecule has 224 valence electrons. The van der Waals surface area contributed by atoms with E-state index in [2.05, 4.69) is 72.1 Å². The van der Waals surface area contributed by atoms with E-state index in [4.69, 9.17) is 32.7 Å². The minimum atomic E-state index is -0.477. The molecule has 1 amide bonds. The predicted octanol–water partition coefficient (Wildman–Crippen LogP) is 7.05. The van der Waals surface area contributed by atoms with Crippen molar-refractivity contribution in [3.8, 4) is 11.5 Å². The Morgan fingerprint density at radius 1 is 1.05 bits per heavy atom. The van der Waals surface area contributed by atoms with Gasteiger partial charge in [-0.2, -0.15) is 0 Å². The maximum absolute atomic E-state index is 13.4. The summed E-state index contributed by atoms with van der Waals surface area (Å²) < 4.78 is 11.2. The second-order valence-corrected chi connectivity index (χ2v) is 11.9. The predicted molar refractivity (Wildman–Crippen MR) is 179 cm³/mol. The summed E-state index contributed by atoms with van der Waals surface area (Å²) in [5.74, 6) is 0.634. The third-order valence-electron chi connectivity index (χ3n) is 7.02. The van der Waals surface area contributed by atoms with Crippen LogP contribution in [0.15, 0.2) is 44.1 Å². The van der Waals surface area contributed by atoms with Crippen LogP contribution >= 0.6 is 50.5 Å². The van der Waals surface area contributed by atoms with Gasteiger partial charge in [-0.15, -0.1) is 11.3 Å². The number of anilines is 2. The molecule has 2 N–H and O–H groups in total. The largest absolute Gasteiger partial charge is 0.494 e. The Morgan fingerprint density at radius 3 is 2.17 bits per heavy atom. The highest BCUT2D eigenvalue weighted by molar-refractivity contribution is 9.10. The number of piperazine rings is 1. The number of hydrogen-bond acceptors (Lipinski definition) is 8. The average molecular weight is 696 g/mol. The number of amidine groups is 1. The van der Waals surface area contributed by atoms with Crippen molar-refractivity contribution in [1.29, 1.82) is 0 Å². The van der Waals surface area contributed by atoms with Crippen molar-refractivity contribution in [3.05, 3.63) is 60.2 Å². The molecule has 0 unspecified atom stereocenters. The third-order valence-corrected chi connectivity index (χ3v) is 9.44. The molecule has 9 nitrogen and oxygen atoms in total. The fraction of sp³-hybridized carbons (Fsp3) is 0.345. The van der Waals surface area contributed by atoms with Crippen LogP contribution in [0.2, 0.25) is 10.0 Å². The van der Waals surface area contributed by atoms with Crippen molar-refractivity contribution >= 4 is 86.0 Å². The van der Waals surface area contributed by atoms with E-state index in [0.29, 0.717) is 26.4 Å². The summed E-state index contributed by atoms with van der Waals surface area (Å²) in [6, 6.07) is 8.30. The lowest BCUT2D eigenvalue weighted by molar-refractivity contribution is 0.102. The minimum absolute atomic E-state index is 0.122. The Balaban J connectivity index is 1.50. The van der Waals surface area contributed by atoms with E-state index in [1.165, 1.54) is 31.1 Å². The number of carbonyl (C=O) groups is 1. The highest BCUT2D eigenvalue weighted by atomic mass is 79.9. The number of likely N-dealkylation sites (N-methyl/N-ethyl adjacent to an activating group) is 1. The average Bonchev–Trinajstić information content (AvgIpc) is 3.44. The SMILES string of the molecule is C=Nc1c(C(=O)Nc2c(Cl)c(OC)c(Br)c(OC)c2Cl)csc1C(=NC)Nc1ccc(CN2CCN(CC)CC2)cc1. The first-order valence-corrected chi connectivity index (χ1v) is 15.6. The van der Waals surface area contributed by atoms with Crippen LogP contribution in [0.1, 0.15) is 27.7 Å². The Kier molecular flexibility index (Phi) is 11.3. The van der Waals surface area contributed by atoms with Gasteiger partial charge in [0.05, 0.1) is 36.0 Å². The standard InChI is InChI=1S/C29H33BrCl2N6O3S/c1-6-37-11-13-38(14-12-37)15-17-7-9-18(10-8-17)35-28(34-3)27-23(33-2)19(16-42-27)29(39)36-24-21(31)25(40-4)20(30)26(41-5)22(24)32/h7-10,16H,2,6,11-15H2,1,3-5H3,(H,34,35)(H,36,39). The number of nitrogens with one attached hydrogen (secondary N) is 2. The van der Waals surface area contributed by atoms with Gasteiger partial charge in [-0.25, -0.2) is 0 Å². The Labute approximate surface area is 268 Å². The molecule has 0 bridgehead atoms. The molecule has 2 aromatic carbocycles. The lowest BCUT2D eigenvalue weighted by Crippen LogP contribution is -2.45. The number of halogens is 3. The van der Waals surface area contributed by atoms with Gasteiger partial charge in [-0.05, 0) is 46.9 Å². The van der Waals surface area contributed by atoms with Crippen LogP contribution < -0.4 is 20.1 Å². The molecule has 1 aliphatic rings. The monoisotopic (exact) mass is 694 g/mol. The number of carbonyl (C=O) groups excluding carboxylic acids is 1. The van der Waals surface area contributed by atoms with E-state index in [-0.39, 0.29) is 27.2 Å². The molecule has 1 saturated heterocycles. The highest BCUT2D eigenvalue weighted by Gasteiger charge is 2.26. The third kappa shape index (κ3) is 6.93. The van der Waals surface area contributed by atoms with Crippen LogP contribution in [0.4, 0.5) is 17.1 Å². The molecule has 0 aliphatic carbocycles. The van der Waals surface area contributed by atoms with Gasteiger partial charge in [-0.1, -0.05) is 42.3 Å². The number of hydrogen-bond donors (Lipinski definition) is 2. The molecule has 4 rings (SSSR count). The number of aliphatic imine (C=N–C) groups is 2. The molecule has 42 heavy (non-hydrogen) atoms. The molecule has 0 radical (unpaired) electrons. The number of methoxy groups -OCH3 is 2. The van der Waals surface area contributed by atoms with Crippen LogP contribution in [0, 0.1) is 0 Å². The van der Waals surface area contributed by atoms with E-state index in [1.807, 2.05) is 12.1 Å². The fourth-order valence-electron chi connectivity index (χ4n) is 4.67. The number of nitrogens with zero attached hydrogens (tertiary/aromatic N) is 4. The van der Waals surface area contributed by atoms with Crippen LogP contribution in [-0.4, -0.2) is 82.3 Å². The van der Waals surface area contributed by atoms with Gasteiger partial charge in [-0.3, -0.25) is 19.7 Å². The lowest BCUT2D eigenvalue weighted by Gasteiger charge is -2.34. The quantitative estimate of drug-likeness (QED) is 0.175. The molecule has 0 atom stereocenters. The summed E-state index contributed by atoms with van der Waals surface area (Å²) >= 11 is 17.7. The summed E-state index contributed by atoms with van der Waals surface area (Å²) in [7, 11) is 4.59. The van der Waals surface area contributed by atoms with E-state index in [9.17, 15) is 4.79 Å². The van der Waals surface area contributed by atoms with Gasteiger partial charge in [0.1, 0.15) is 20.4 Å². The maximum Gasteiger partial charge on any atom is 0.258 e. The first-order valence-electron chi connectivity index (χ1n) is 13.2. The summed E-state index contributed by atoms with van der Waals surface area (Å²) in [5.41, 5.74) is 2.95. The van der Waals surface area contributed by atoms with Crippen molar-refractivity contribution in [1.82, 2.24) is 9.80 Å². The van der Waals surface area contributed by atoms with E-state index < -0.39 is 5.91 Å². The fourth-order valence-corrected chi connectivity index (χ4v) is 7.29. The van der Waals surface area contributed by atoms with Crippen molar-refractivity contribution in [2.24, 2.45) is 9.98 Å². The van der Waals surface area contributed by atoms with Crippen LogP contribution in [0.25, 0.3) is 0 Å². The van der Waals surface area contributed by atoms with Crippen molar-refractivity contribution < 1.29 is 14.3 Å². The first kappa shape index (κ1) is 32.2. The van der Waals surface area contributed by atoms with E-state index in [0.717, 1.165) is 45.0 Å². The summed E-state index contributed by atoms with van der Waals surface area (Å²) in [6.07, 6.45) is 0. The zero-order valence-corrected chi connectivity index (χ0v) is 27.8. The summed E-state index contributed by atoms with van der Waals surface area (Å²) in [4.78, 5) is 27.7. The Bertz CT molecular complexity index is 1440. The number of rotatable bonds is 10. The minimum Gasteiger partial charge on any atom is -0.494 e. The zero-order valence-electron chi connectivity index (χ0n) is 23.9. The van der Waals surface area contributed by atoms with Gasteiger partial charge in [0.15, 0.2) is 11.5 Å². The highest BCUT2D eigenvalue weighted by Crippen LogP contribution is 2.50. The molecular weight excluding hydrogens is 663 g/mol. The first-order chi connectivity index (χ1) is 20.3. The number of ether oxygens (including phenoxy) is 2. The summed E-state index contributed by atoms with van der Waals surface area (Å²) in [5, 5.41) is 8.08. The number of amides is 1. The van der Waals surface area contributed by atoms with E-state index >= 15 is 0 Å². The van der Waals surface area contributed by atoms with Crippen molar-refractivity contribution in [2.75, 3.05) is 64.6 Å². The maximum atomic E-state index is 13.4. The van der Waals surface area contributed by atoms with Gasteiger partial charge >= 0.3 is 0 Å². The van der Waals surface area contributed by atoms with Crippen molar-refractivity contribution in [2.45, 2.75) is 13.5 Å². The van der Waals surface area contributed by atoms with Gasteiger partial charge in [0.2, 0.25) is 0 Å². The second kappa shape index (κ2) is 14.7. The Hall–Kier alpha value is -2.67. The molecule has 2 heterocycles. The molecule has 1 fully saturated rings. The number of benzene rings is 2. The molecule has 3 aromatic rings. The normalized spacial score (nSPS) is 14.5. The number of thiophene rings is 1. The molecule has 0 saturated carbocycles. The zero-order chi connectivity index (χ0) is 30.4. The van der Waals surface area contributed by atoms with Crippen LogP contribution in [-0.2, 0) is 6.54 Å². The van der Waals surface area contributed by atoms with Gasteiger partial charge in [0, 0.05) is 50.8 Å². The topological polar surface area (TPSA) is 90.8 Å². The smallest absolute Gasteiger partial charge is 0.258 e.